The van der Waals surface area contributed by atoms with E-state index in [-0.39, 0.29) is 31.2 Å². The third kappa shape index (κ3) is 6.28. The number of thiazole rings is 1. The third-order valence-corrected chi connectivity index (χ3v) is 5.44. The molecule has 1 atom stereocenters. The largest absolute Gasteiger partial charge is 0.491 e. The molecule has 0 radical (unpaired) electrons. The van der Waals surface area contributed by atoms with E-state index in [1.54, 1.807) is 11.3 Å². The molecule has 0 aliphatic rings. The predicted octanol–water partition coefficient (Wildman–Crippen LogP) is 3.99. The molecule has 10 heteroatoms. The van der Waals surface area contributed by atoms with Gasteiger partial charge in [0, 0.05) is 22.9 Å². The van der Waals surface area contributed by atoms with E-state index in [2.05, 4.69) is 10.3 Å². The summed E-state index contributed by atoms with van der Waals surface area (Å²) in [7, 11) is 0. The number of thiophene rings is 1. The first-order valence-electron chi connectivity index (χ1n) is 8.53. The van der Waals surface area contributed by atoms with Gasteiger partial charge in [0.2, 0.25) is 5.91 Å². The lowest BCUT2D eigenvalue weighted by atomic mass is 10.2. The Balaban J connectivity index is 1.40. The van der Waals surface area contributed by atoms with E-state index in [1.807, 2.05) is 22.2 Å². The molecule has 2 heterocycles. The normalized spacial score (nSPS) is 12.6. The number of halogens is 3. The number of benzene rings is 1. The molecule has 0 aliphatic heterocycles. The topological polar surface area (TPSA) is 71.5 Å². The van der Waals surface area contributed by atoms with Crippen molar-refractivity contribution < 1.29 is 27.8 Å². The van der Waals surface area contributed by atoms with Crippen LogP contribution in [0.5, 0.6) is 5.75 Å². The lowest BCUT2D eigenvalue weighted by molar-refractivity contribution is -0.137. The van der Waals surface area contributed by atoms with E-state index < -0.39 is 17.8 Å². The van der Waals surface area contributed by atoms with Gasteiger partial charge in [0.05, 0.1) is 17.7 Å². The van der Waals surface area contributed by atoms with Gasteiger partial charge in [-0.15, -0.1) is 11.3 Å². The van der Waals surface area contributed by atoms with Gasteiger partial charge in [0.25, 0.3) is 0 Å². The van der Waals surface area contributed by atoms with Crippen molar-refractivity contribution in [1.29, 1.82) is 0 Å². The first kappa shape index (κ1) is 21.3. The second-order valence-corrected chi connectivity index (χ2v) is 7.76. The van der Waals surface area contributed by atoms with Crippen LogP contribution in [0, 0.1) is 0 Å². The number of ether oxygens (including phenoxy) is 1. The van der Waals surface area contributed by atoms with E-state index in [1.165, 1.54) is 23.5 Å². The SMILES string of the molecule is O=C(Cc1csc(-c2ccsc2)n1)NC[C@H](O)COc1ccc(C(F)(F)F)cc1. The maximum absolute atomic E-state index is 12.5. The van der Waals surface area contributed by atoms with Gasteiger partial charge in [-0.25, -0.2) is 4.98 Å². The van der Waals surface area contributed by atoms with Crippen molar-refractivity contribution in [3.63, 3.8) is 0 Å². The number of nitrogens with one attached hydrogen (secondary N) is 1. The van der Waals surface area contributed by atoms with Gasteiger partial charge in [0.15, 0.2) is 0 Å². The van der Waals surface area contributed by atoms with Crippen molar-refractivity contribution in [3.05, 3.63) is 57.7 Å². The quantitative estimate of drug-likeness (QED) is 0.554. The molecule has 0 bridgehead atoms. The van der Waals surface area contributed by atoms with Gasteiger partial charge in [-0.3, -0.25) is 4.79 Å². The maximum Gasteiger partial charge on any atom is 0.416 e. The van der Waals surface area contributed by atoms with Crippen molar-refractivity contribution in [2.75, 3.05) is 13.2 Å². The Morgan fingerprint density at radius 2 is 1.97 bits per heavy atom. The summed E-state index contributed by atoms with van der Waals surface area (Å²) in [6.45, 7) is -0.203. The minimum Gasteiger partial charge on any atom is -0.491 e. The lowest BCUT2D eigenvalue weighted by Gasteiger charge is -2.14. The van der Waals surface area contributed by atoms with Crippen molar-refractivity contribution in [2.45, 2.75) is 18.7 Å². The highest BCUT2D eigenvalue weighted by molar-refractivity contribution is 7.14. The minimum atomic E-state index is -4.41. The van der Waals surface area contributed by atoms with Crippen LogP contribution < -0.4 is 10.1 Å². The fraction of sp³-hybridized carbons (Fsp3) is 0.263. The van der Waals surface area contributed by atoms with Crippen LogP contribution in [0.15, 0.2) is 46.5 Å². The molecule has 2 aromatic heterocycles. The molecule has 5 nitrogen and oxygen atoms in total. The van der Waals surface area contributed by atoms with Gasteiger partial charge in [0.1, 0.15) is 23.5 Å². The molecule has 29 heavy (non-hydrogen) atoms. The van der Waals surface area contributed by atoms with Gasteiger partial charge in [-0.05, 0) is 35.7 Å². The van der Waals surface area contributed by atoms with Crippen LogP contribution in [-0.2, 0) is 17.4 Å². The van der Waals surface area contributed by atoms with E-state index >= 15 is 0 Å². The molecule has 0 saturated heterocycles. The van der Waals surface area contributed by atoms with E-state index in [0.717, 1.165) is 22.7 Å². The zero-order valence-electron chi connectivity index (χ0n) is 15.0. The zero-order chi connectivity index (χ0) is 20.9. The average Bonchev–Trinajstić information content (AvgIpc) is 3.36. The number of alkyl halides is 3. The number of rotatable bonds is 8. The Morgan fingerprint density at radius 3 is 2.62 bits per heavy atom. The number of nitrogens with zero attached hydrogens (tertiary/aromatic N) is 1. The maximum atomic E-state index is 12.5. The van der Waals surface area contributed by atoms with Crippen LogP contribution in [0.1, 0.15) is 11.3 Å². The van der Waals surface area contributed by atoms with Crippen LogP contribution in [-0.4, -0.2) is 35.3 Å². The summed E-state index contributed by atoms with van der Waals surface area (Å²) in [4.78, 5) is 16.4. The predicted molar refractivity (Wildman–Crippen MR) is 105 cm³/mol. The molecule has 0 unspecified atom stereocenters. The van der Waals surface area contributed by atoms with Crippen molar-refractivity contribution in [2.24, 2.45) is 0 Å². The van der Waals surface area contributed by atoms with E-state index in [9.17, 15) is 23.1 Å². The molecule has 0 saturated carbocycles. The summed E-state index contributed by atoms with van der Waals surface area (Å²) in [5.41, 5.74) is 0.883. The summed E-state index contributed by atoms with van der Waals surface area (Å²) in [5, 5.41) is 19.1. The number of amides is 1. The molecule has 0 fully saturated rings. The van der Waals surface area contributed by atoms with Crippen LogP contribution in [0.4, 0.5) is 13.2 Å². The second kappa shape index (κ2) is 9.38. The van der Waals surface area contributed by atoms with Crippen molar-refractivity contribution in [1.82, 2.24) is 10.3 Å². The molecule has 2 N–H and O–H groups in total. The third-order valence-electron chi connectivity index (χ3n) is 3.82. The average molecular weight is 442 g/mol. The summed E-state index contributed by atoms with van der Waals surface area (Å²) in [6.07, 6.45) is -5.32. The molecule has 1 aromatic carbocycles. The van der Waals surface area contributed by atoms with Crippen LogP contribution in [0.2, 0.25) is 0 Å². The highest BCUT2D eigenvalue weighted by atomic mass is 32.1. The highest BCUT2D eigenvalue weighted by Gasteiger charge is 2.30. The Bertz CT molecular complexity index is 925. The number of carbonyl (C=O) groups is 1. The first-order valence-corrected chi connectivity index (χ1v) is 10.4. The molecular weight excluding hydrogens is 425 g/mol. The number of aromatic nitrogens is 1. The summed E-state index contributed by atoms with van der Waals surface area (Å²) < 4.78 is 42.8. The monoisotopic (exact) mass is 442 g/mol. The van der Waals surface area contributed by atoms with Crippen LogP contribution in [0.25, 0.3) is 10.6 Å². The Morgan fingerprint density at radius 1 is 1.21 bits per heavy atom. The number of aliphatic hydroxyl groups is 1. The number of aliphatic hydroxyl groups excluding tert-OH is 1. The number of carbonyl (C=O) groups excluding carboxylic acids is 1. The summed E-state index contributed by atoms with van der Waals surface area (Å²) in [5.74, 6) is -0.0902. The second-order valence-electron chi connectivity index (χ2n) is 6.12. The molecule has 3 rings (SSSR count). The minimum absolute atomic E-state index is 0.0407. The van der Waals surface area contributed by atoms with Crippen molar-refractivity contribution >= 4 is 28.6 Å². The molecule has 0 aliphatic carbocycles. The fourth-order valence-electron chi connectivity index (χ4n) is 2.36. The highest BCUT2D eigenvalue weighted by Crippen LogP contribution is 2.30. The van der Waals surface area contributed by atoms with E-state index in [4.69, 9.17) is 4.74 Å². The fourth-order valence-corrected chi connectivity index (χ4v) is 3.89. The van der Waals surface area contributed by atoms with Crippen molar-refractivity contribution in [3.8, 4) is 16.3 Å². The van der Waals surface area contributed by atoms with Gasteiger partial charge in [-0.2, -0.15) is 24.5 Å². The Labute approximate surface area is 172 Å². The molecule has 0 spiro atoms. The first-order chi connectivity index (χ1) is 13.8. The van der Waals surface area contributed by atoms with Gasteiger partial charge in [-0.1, -0.05) is 0 Å². The number of hydrogen-bond donors (Lipinski definition) is 2. The summed E-state index contributed by atoms with van der Waals surface area (Å²) in [6, 6.07) is 6.13. The van der Waals surface area contributed by atoms with Crippen LogP contribution >= 0.6 is 22.7 Å². The molecule has 154 valence electrons. The van der Waals surface area contributed by atoms with Gasteiger partial charge < -0.3 is 15.2 Å². The Hall–Kier alpha value is -2.43. The number of hydrogen-bond acceptors (Lipinski definition) is 6. The Kier molecular flexibility index (Phi) is 6.88. The summed E-state index contributed by atoms with van der Waals surface area (Å²) >= 11 is 3.03. The zero-order valence-corrected chi connectivity index (χ0v) is 16.6. The standard InChI is InChI=1S/C19H17F3N2O3S2/c20-19(21,22)13-1-3-16(4-2-13)27-9-15(25)8-23-17(26)7-14-11-29-18(24-14)12-5-6-28-10-12/h1-6,10-11,15,25H,7-9H2,(H,23,26)/t15-/m0/s1. The van der Waals surface area contributed by atoms with Crippen LogP contribution in [0.3, 0.4) is 0 Å². The smallest absolute Gasteiger partial charge is 0.416 e. The van der Waals surface area contributed by atoms with Gasteiger partial charge >= 0.3 is 6.18 Å². The molecule has 1 amide bonds. The lowest BCUT2D eigenvalue weighted by Crippen LogP contribution is -2.36. The molecular formula is C19H17F3N2O3S2. The van der Waals surface area contributed by atoms with E-state index in [0.29, 0.717) is 5.69 Å². The molecule has 3 aromatic rings.